The maximum atomic E-state index is 13.7. The molecule has 0 aliphatic carbocycles. The Kier molecular flexibility index (Phi) is 6.22. The van der Waals surface area contributed by atoms with Crippen molar-refractivity contribution in [2.75, 3.05) is 0 Å². The maximum absolute atomic E-state index is 13.7. The molecule has 2 nitrogen and oxygen atoms in total. The van der Waals surface area contributed by atoms with E-state index in [1.54, 1.807) is 24.4 Å². The van der Waals surface area contributed by atoms with Gasteiger partial charge in [0.1, 0.15) is 18.2 Å². The maximum Gasteiger partial charge on any atom is 0.148 e. The van der Waals surface area contributed by atoms with Crippen molar-refractivity contribution in [3.8, 4) is 5.75 Å². The highest BCUT2D eigenvalue weighted by Crippen LogP contribution is 2.35. The van der Waals surface area contributed by atoms with Crippen LogP contribution in [0.4, 0.5) is 10.1 Å². The van der Waals surface area contributed by atoms with Gasteiger partial charge < -0.3 is 4.74 Å². The summed E-state index contributed by atoms with van der Waals surface area (Å²) in [6.45, 7) is 2.18. The number of hydrogen-bond donors (Lipinski definition) is 0. The lowest BCUT2D eigenvalue weighted by Crippen LogP contribution is -2.00. The van der Waals surface area contributed by atoms with E-state index in [0.29, 0.717) is 11.3 Å². The van der Waals surface area contributed by atoms with E-state index in [4.69, 9.17) is 4.74 Å². The predicted molar refractivity (Wildman–Crippen MR) is 111 cm³/mol. The molecule has 0 fully saturated rings. The normalized spacial score (nSPS) is 11.1. The molecule has 0 saturated heterocycles. The van der Waals surface area contributed by atoms with Crippen LogP contribution in [0, 0.1) is 12.7 Å². The first-order valence-electron chi connectivity index (χ1n) is 7.99. The van der Waals surface area contributed by atoms with Gasteiger partial charge in [0.15, 0.2) is 0 Å². The van der Waals surface area contributed by atoms with Crippen molar-refractivity contribution >= 4 is 43.8 Å². The van der Waals surface area contributed by atoms with Gasteiger partial charge in [-0.2, -0.15) is 0 Å². The first-order chi connectivity index (χ1) is 12.5. The summed E-state index contributed by atoms with van der Waals surface area (Å²) >= 11 is 7.04. The second-order valence-electron chi connectivity index (χ2n) is 5.74. The number of aryl methyl sites for hydroxylation is 1. The summed E-state index contributed by atoms with van der Waals surface area (Å²) in [7, 11) is 0. The number of aliphatic imine (C=N–C) groups is 1. The monoisotopic (exact) mass is 475 g/mol. The van der Waals surface area contributed by atoms with Gasteiger partial charge in [0.25, 0.3) is 0 Å². The Labute approximate surface area is 169 Å². The van der Waals surface area contributed by atoms with Crippen LogP contribution in [0.3, 0.4) is 0 Å². The lowest BCUT2D eigenvalue weighted by Gasteiger charge is -2.12. The predicted octanol–water partition coefficient (Wildman–Crippen LogP) is 6.99. The Hall–Kier alpha value is -1.98. The zero-order chi connectivity index (χ0) is 18.5. The van der Waals surface area contributed by atoms with Crippen molar-refractivity contribution in [1.29, 1.82) is 0 Å². The quantitative estimate of drug-likeness (QED) is 0.363. The average Bonchev–Trinajstić information content (AvgIpc) is 2.62. The van der Waals surface area contributed by atoms with Gasteiger partial charge in [-0.15, -0.1) is 0 Å². The highest BCUT2D eigenvalue weighted by atomic mass is 79.9. The van der Waals surface area contributed by atoms with Gasteiger partial charge in [-0.3, -0.25) is 4.99 Å². The fourth-order valence-electron chi connectivity index (χ4n) is 2.41. The minimum absolute atomic E-state index is 0.153. The molecule has 0 aliphatic rings. The lowest BCUT2D eigenvalue weighted by atomic mass is 10.2. The molecule has 0 unspecified atom stereocenters. The first kappa shape index (κ1) is 18.8. The minimum Gasteiger partial charge on any atom is -0.486 e. The average molecular weight is 477 g/mol. The van der Waals surface area contributed by atoms with Crippen LogP contribution in [0.5, 0.6) is 5.75 Å². The van der Waals surface area contributed by atoms with E-state index in [2.05, 4.69) is 36.9 Å². The Morgan fingerprint density at radius 1 is 1.00 bits per heavy atom. The van der Waals surface area contributed by atoms with Crippen molar-refractivity contribution in [3.63, 3.8) is 0 Å². The van der Waals surface area contributed by atoms with Crippen LogP contribution >= 0.6 is 31.9 Å². The molecule has 132 valence electrons. The van der Waals surface area contributed by atoms with Gasteiger partial charge in [0, 0.05) is 11.8 Å². The van der Waals surface area contributed by atoms with Gasteiger partial charge >= 0.3 is 0 Å². The van der Waals surface area contributed by atoms with E-state index >= 15 is 0 Å². The molecule has 26 heavy (non-hydrogen) atoms. The molecule has 0 N–H and O–H groups in total. The van der Waals surface area contributed by atoms with Gasteiger partial charge in [0.2, 0.25) is 0 Å². The van der Waals surface area contributed by atoms with Crippen molar-refractivity contribution in [1.82, 2.24) is 0 Å². The highest BCUT2D eigenvalue weighted by Gasteiger charge is 2.10. The van der Waals surface area contributed by atoms with Crippen LogP contribution in [0.1, 0.15) is 16.7 Å². The SMILES string of the molecule is Cc1ccccc1N=Cc1cc(Br)c(OCc2ccccc2F)c(Br)c1. The summed E-state index contributed by atoms with van der Waals surface area (Å²) < 4.78 is 21.1. The summed E-state index contributed by atoms with van der Waals surface area (Å²) in [4.78, 5) is 4.54. The molecular weight excluding hydrogens is 461 g/mol. The molecule has 5 heteroatoms. The summed E-state index contributed by atoms with van der Waals surface area (Å²) in [5.74, 6) is 0.350. The number of halogens is 3. The van der Waals surface area contributed by atoms with E-state index in [0.717, 1.165) is 25.8 Å². The molecule has 0 aromatic heterocycles. The van der Waals surface area contributed by atoms with E-state index in [-0.39, 0.29) is 12.4 Å². The number of benzene rings is 3. The fourth-order valence-corrected chi connectivity index (χ4v) is 3.86. The second-order valence-corrected chi connectivity index (χ2v) is 7.45. The Morgan fingerprint density at radius 3 is 2.35 bits per heavy atom. The Bertz CT molecular complexity index is 933. The van der Waals surface area contributed by atoms with Crippen LogP contribution in [-0.4, -0.2) is 6.21 Å². The third kappa shape index (κ3) is 4.59. The van der Waals surface area contributed by atoms with Crippen molar-refractivity contribution in [2.24, 2.45) is 4.99 Å². The van der Waals surface area contributed by atoms with E-state index in [1.165, 1.54) is 6.07 Å². The third-order valence-electron chi connectivity index (χ3n) is 3.82. The summed E-state index contributed by atoms with van der Waals surface area (Å²) in [6.07, 6.45) is 1.80. The fraction of sp³-hybridized carbons (Fsp3) is 0.0952. The molecular formula is C21H16Br2FNO. The largest absolute Gasteiger partial charge is 0.486 e. The number of rotatable bonds is 5. The molecule has 0 aliphatic heterocycles. The molecule has 0 radical (unpaired) electrons. The summed E-state index contributed by atoms with van der Waals surface area (Å²) in [6, 6.07) is 18.4. The Balaban J connectivity index is 1.78. The zero-order valence-corrected chi connectivity index (χ0v) is 17.2. The summed E-state index contributed by atoms with van der Waals surface area (Å²) in [5.41, 5.74) is 3.48. The number of hydrogen-bond acceptors (Lipinski definition) is 2. The molecule has 0 atom stereocenters. The van der Waals surface area contributed by atoms with Crippen molar-refractivity contribution < 1.29 is 9.13 Å². The standard InChI is InChI=1S/C21H16Br2FNO/c1-14-6-2-5-9-20(14)25-12-15-10-17(22)21(18(23)11-15)26-13-16-7-3-4-8-19(16)24/h2-12H,13H2,1H3. The Morgan fingerprint density at radius 2 is 1.65 bits per heavy atom. The molecule has 0 saturated carbocycles. The number of nitrogens with zero attached hydrogens (tertiary/aromatic N) is 1. The van der Waals surface area contributed by atoms with Crippen molar-refractivity contribution in [3.05, 3.63) is 92.1 Å². The van der Waals surface area contributed by atoms with Crippen LogP contribution in [0.2, 0.25) is 0 Å². The van der Waals surface area contributed by atoms with Crippen LogP contribution in [0.25, 0.3) is 0 Å². The van der Waals surface area contributed by atoms with E-state index in [1.807, 2.05) is 43.3 Å². The van der Waals surface area contributed by atoms with E-state index < -0.39 is 0 Å². The smallest absolute Gasteiger partial charge is 0.148 e. The van der Waals surface area contributed by atoms with Crippen molar-refractivity contribution in [2.45, 2.75) is 13.5 Å². The first-order valence-corrected chi connectivity index (χ1v) is 9.58. The van der Waals surface area contributed by atoms with Crippen LogP contribution < -0.4 is 4.74 Å². The number of ether oxygens (including phenoxy) is 1. The molecule has 0 spiro atoms. The summed E-state index contributed by atoms with van der Waals surface area (Å²) in [5, 5.41) is 0. The van der Waals surface area contributed by atoms with Crippen LogP contribution in [-0.2, 0) is 6.61 Å². The van der Waals surface area contributed by atoms with E-state index in [9.17, 15) is 4.39 Å². The second kappa shape index (κ2) is 8.60. The van der Waals surface area contributed by atoms with Crippen LogP contribution in [0.15, 0.2) is 74.6 Å². The highest BCUT2D eigenvalue weighted by molar-refractivity contribution is 9.11. The van der Waals surface area contributed by atoms with Gasteiger partial charge in [-0.05, 0) is 74.2 Å². The van der Waals surface area contributed by atoms with Gasteiger partial charge in [-0.25, -0.2) is 4.39 Å². The minimum atomic E-state index is -0.276. The third-order valence-corrected chi connectivity index (χ3v) is 5.00. The number of para-hydroxylation sites is 1. The molecule has 3 rings (SSSR count). The molecule has 3 aromatic rings. The zero-order valence-electron chi connectivity index (χ0n) is 14.0. The topological polar surface area (TPSA) is 21.6 Å². The lowest BCUT2D eigenvalue weighted by molar-refractivity contribution is 0.296. The molecule has 0 heterocycles. The van der Waals surface area contributed by atoms with Gasteiger partial charge in [-0.1, -0.05) is 36.4 Å². The molecule has 0 bridgehead atoms. The molecule has 0 amide bonds. The molecule has 3 aromatic carbocycles. The van der Waals surface area contributed by atoms with Gasteiger partial charge in [0.05, 0.1) is 14.6 Å².